The third-order valence-corrected chi connectivity index (χ3v) is 5.61. The Morgan fingerprint density at radius 3 is 1.57 bits per heavy atom. The van der Waals surface area contributed by atoms with Crippen molar-refractivity contribution in [3.8, 4) is 17.2 Å². The second-order valence-electron chi connectivity index (χ2n) is 8.48. The van der Waals surface area contributed by atoms with Crippen molar-refractivity contribution in [1.82, 2.24) is 0 Å². The minimum atomic E-state index is -0.474. The number of ether oxygens (including phenoxy) is 3. The van der Waals surface area contributed by atoms with Gasteiger partial charge in [0.2, 0.25) is 0 Å². The molecule has 3 rings (SSSR count). The zero-order valence-electron chi connectivity index (χ0n) is 20.6. The summed E-state index contributed by atoms with van der Waals surface area (Å²) >= 11 is 0. The Labute approximate surface area is 208 Å². The predicted octanol–water partition coefficient (Wildman–Crippen LogP) is 7.43. The van der Waals surface area contributed by atoms with Crippen LogP contribution in [-0.2, 0) is 6.42 Å². The van der Waals surface area contributed by atoms with Gasteiger partial charge in [-0.3, -0.25) is 0 Å². The first kappa shape index (κ1) is 26.0. The minimum absolute atomic E-state index is 0.350. The molecule has 0 atom stereocenters. The summed E-state index contributed by atoms with van der Waals surface area (Å²) in [6.07, 6.45) is 7.87. The second kappa shape index (κ2) is 14.0. The molecule has 3 aromatic carbocycles. The molecule has 5 nitrogen and oxygen atoms in total. The van der Waals surface area contributed by atoms with Gasteiger partial charge in [-0.05, 0) is 85.5 Å². The summed E-state index contributed by atoms with van der Waals surface area (Å²) in [5.41, 5.74) is 2.02. The number of rotatable bonds is 13. The van der Waals surface area contributed by atoms with Gasteiger partial charge in [-0.1, -0.05) is 51.7 Å². The number of hydrogen-bond acceptors (Lipinski definition) is 5. The largest absolute Gasteiger partial charge is 0.494 e. The van der Waals surface area contributed by atoms with Crippen LogP contribution < -0.4 is 14.2 Å². The summed E-state index contributed by atoms with van der Waals surface area (Å²) in [4.78, 5) is 24.9. The van der Waals surface area contributed by atoms with Crippen LogP contribution in [0.2, 0.25) is 0 Å². The van der Waals surface area contributed by atoms with Crippen molar-refractivity contribution >= 4 is 11.9 Å². The molecule has 0 radical (unpaired) electrons. The van der Waals surface area contributed by atoms with E-state index in [2.05, 4.69) is 13.8 Å². The lowest BCUT2D eigenvalue weighted by atomic mass is 10.1. The Morgan fingerprint density at radius 1 is 0.571 bits per heavy atom. The zero-order valence-corrected chi connectivity index (χ0v) is 20.6. The maximum atomic E-state index is 12.5. The van der Waals surface area contributed by atoms with E-state index >= 15 is 0 Å². The van der Waals surface area contributed by atoms with Gasteiger partial charge in [0.25, 0.3) is 0 Å². The highest BCUT2D eigenvalue weighted by molar-refractivity contribution is 5.92. The van der Waals surface area contributed by atoms with E-state index in [1.807, 2.05) is 24.3 Å². The van der Waals surface area contributed by atoms with Crippen molar-refractivity contribution < 1.29 is 23.8 Å². The third kappa shape index (κ3) is 8.60. The summed E-state index contributed by atoms with van der Waals surface area (Å²) < 4.78 is 16.6. The van der Waals surface area contributed by atoms with Gasteiger partial charge in [0.05, 0.1) is 17.7 Å². The van der Waals surface area contributed by atoms with Gasteiger partial charge in [-0.25, -0.2) is 9.59 Å². The van der Waals surface area contributed by atoms with Crippen molar-refractivity contribution in [3.05, 3.63) is 89.5 Å². The van der Waals surface area contributed by atoms with Crippen LogP contribution in [0.4, 0.5) is 0 Å². The molecule has 0 saturated carbocycles. The van der Waals surface area contributed by atoms with E-state index < -0.39 is 11.9 Å². The molecule has 5 heteroatoms. The monoisotopic (exact) mass is 474 g/mol. The van der Waals surface area contributed by atoms with Crippen molar-refractivity contribution in [2.75, 3.05) is 6.61 Å². The zero-order chi connectivity index (χ0) is 24.9. The number of carbonyl (C=O) groups is 2. The number of benzene rings is 3. The van der Waals surface area contributed by atoms with E-state index in [0.717, 1.165) is 37.9 Å². The van der Waals surface area contributed by atoms with E-state index in [0.29, 0.717) is 29.2 Å². The normalized spacial score (nSPS) is 10.6. The molecule has 0 amide bonds. The molecule has 184 valence electrons. The van der Waals surface area contributed by atoms with Crippen LogP contribution in [0.1, 0.15) is 78.7 Å². The second-order valence-corrected chi connectivity index (χ2v) is 8.48. The molecule has 0 N–H and O–H groups in total. The van der Waals surface area contributed by atoms with E-state index in [1.54, 1.807) is 48.5 Å². The van der Waals surface area contributed by atoms with E-state index in [1.165, 1.54) is 18.4 Å². The van der Waals surface area contributed by atoms with E-state index in [4.69, 9.17) is 14.2 Å². The quantitative estimate of drug-likeness (QED) is 0.146. The molecule has 0 aliphatic heterocycles. The van der Waals surface area contributed by atoms with Crippen molar-refractivity contribution in [1.29, 1.82) is 0 Å². The Balaban J connectivity index is 1.48. The molecule has 0 bridgehead atoms. The molecule has 0 aromatic heterocycles. The molecule has 0 fully saturated rings. The lowest BCUT2D eigenvalue weighted by Gasteiger charge is -2.08. The first-order chi connectivity index (χ1) is 17.1. The van der Waals surface area contributed by atoms with Gasteiger partial charge in [-0.15, -0.1) is 0 Å². The Morgan fingerprint density at radius 2 is 1.06 bits per heavy atom. The van der Waals surface area contributed by atoms with Crippen LogP contribution in [-0.4, -0.2) is 18.5 Å². The maximum Gasteiger partial charge on any atom is 0.343 e. The molecular weight excluding hydrogens is 440 g/mol. The SMILES string of the molecule is CCCCCCOc1ccc(C(=O)Oc2ccc(C(=O)Oc3ccc(CCCC)cc3)cc2)cc1. The maximum absolute atomic E-state index is 12.5. The minimum Gasteiger partial charge on any atom is -0.494 e. The van der Waals surface area contributed by atoms with Crippen molar-refractivity contribution in [3.63, 3.8) is 0 Å². The van der Waals surface area contributed by atoms with Gasteiger partial charge < -0.3 is 14.2 Å². The van der Waals surface area contributed by atoms with E-state index in [9.17, 15) is 9.59 Å². The van der Waals surface area contributed by atoms with Gasteiger partial charge in [0, 0.05) is 0 Å². The molecule has 3 aromatic rings. The first-order valence-electron chi connectivity index (χ1n) is 12.4. The topological polar surface area (TPSA) is 61.8 Å². The number of unbranched alkanes of at least 4 members (excludes halogenated alkanes) is 4. The predicted molar refractivity (Wildman–Crippen MR) is 137 cm³/mol. The highest BCUT2D eigenvalue weighted by atomic mass is 16.5. The molecular formula is C30H34O5. The number of hydrogen-bond donors (Lipinski definition) is 0. The van der Waals surface area contributed by atoms with Gasteiger partial charge >= 0.3 is 11.9 Å². The fourth-order valence-electron chi connectivity index (χ4n) is 3.50. The van der Waals surface area contributed by atoms with Gasteiger partial charge in [0.15, 0.2) is 0 Å². The van der Waals surface area contributed by atoms with E-state index in [-0.39, 0.29) is 0 Å². The highest BCUT2D eigenvalue weighted by Crippen LogP contribution is 2.19. The fourth-order valence-corrected chi connectivity index (χ4v) is 3.50. The number of aryl methyl sites for hydroxylation is 1. The van der Waals surface area contributed by atoms with Gasteiger partial charge in [-0.2, -0.15) is 0 Å². The van der Waals surface area contributed by atoms with Gasteiger partial charge in [0.1, 0.15) is 17.2 Å². The highest BCUT2D eigenvalue weighted by Gasteiger charge is 2.12. The van der Waals surface area contributed by atoms with Crippen LogP contribution in [0.25, 0.3) is 0 Å². The molecule has 0 aliphatic rings. The summed E-state index contributed by atoms with van der Waals surface area (Å²) in [5.74, 6) is 0.645. The van der Waals surface area contributed by atoms with Crippen LogP contribution in [0.3, 0.4) is 0 Å². The Bertz CT molecular complexity index is 1050. The van der Waals surface area contributed by atoms with Crippen molar-refractivity contribution in [2.45, 2.75) is 58.8 Å². The molecule has 35 heavy (non-hydrogen) atoms. The average Bonchev–Trinajstić information content (AvgIpc) is 2.89. The van der Waals surface area contributed by atoms with Crippen LogP contribution in [0.15, 0.2) is 72.8 Å². The van der Waals surface area contributed by atoms with Crippen LogP contribution in [0, 0.1) is 0 Å². The summed E-state index contributed by atoms with van der Waals surface area (Å²) in [7, 11) is 0. The van der Waals surface area contributed by atoms with Crippen LogP contribution >= 0.6 is 0 Å². The molecule has 0 saturated heterocycles. The fraction of sp³-hybridized carbons (Fsp3) is 0.333. The first-order valence-corrected chi connectivity index (χ1v) is 12.4. The standard InChI is InChI=1S/C30H34O5/c1-3-5-7-8-22-33-26-18-12-24(13-19-26)29(31)35-28-20-14-25(15-21-28)30(32)34-27-16-10-23(11-17-27)9-6-4-2/h10-21H,3-9,22H2,1-2H3. The molecule has 0 unspecified atom stereocenters. The summed E-state index contributed by atoms with van der Waals surface area (Å²) in [6, 6.07) is 20.8. The molecule has 0 aliphatic carbocycles. The lowest BCUT2D eigenvalue weighted by Crippen LogP contribution is -2.10. The Hall–Kier alpha value is -3.60. The van der Waals surface area contributed by atoms with Crippen molar-refractivity contribution in [2.24, 2.45) is 0 Å². The lowest BCUT2D eigenvalue weighted by molar-refractivity contribution is 0.0730. The molecule has 0 heterocycles. The summed E-state index contributed by atoms with van der Waals surface area (Å²) in [5, 5.41) is 0. The molecule has 0 spiro atoms. The van der Waals surface area contributed by atoms with Crippen LogP contribution in [0.5, 0.6) is 17.2 Å². The Kier molecular flexibility index (Phi) is 10.4. The average molecular weight is 475 g/mol. The smallest absolute Gasteiger partial charge is 0.343 e. The summed E-state index contributed by atoms with van der Waals surface area (Å²) in [6.45, 7) is 5.00. The number of carbonyl (C=O) groups excluding carboxylic acids is 2. The third-order valence-electron chi connectivity index (χ3n) is 5.61. The number of esters is 2.